The molecule has 1 N–H and O–H groups in total. The highest BCUT2D eigenvalue weighted by molar-refractivity contribution is 5.70. The van der Waals surface area contributed by atoms with E-state index in [4.69, 9.17) is 21.0 Å². The van der Waals surface area contributed by atoms with Crippen molar-refractivity contribution in [2.45, 2.75) is 6.92 Å². The predicted octanol–water partition coefficient (Wildman–Crippen LogP) is 1.86. The number of carboxylic acids is 1. The summed E-state index contributed by atoms with van der Waals surface area (Å²) in [4.78, 5) is 12.8. The molecule has 1 atom stereocenters. The van der Waals surface area contributed by atoms with Crippen LogP contribution >= 0.6 is 0 Å². The zero-order valence-corrected chi connectivity index (χ0v) is 11.9. The van der Waals surface area contributed by atoms with Gasteiger partial charge in [-0.2, -0.15) is 0 Å². The third-order valence-electron chi connectivity index (χ3n) is 2.93. The summed E-state index contributed by atoms with van der Waals surface area (Å²) in [5.41, 5.74) is 0.800. The van der Waals surface area contributed by atoms with E-state index in [-0.39, 0.29) is 0 Å². The summed E-state index contributed by atoms with van der Waals surface area (Å²) in [5.74, 6) is 2.36. The molecule has 0 aliphatic heterocycles. The Balaban J connectivity index is 3.03. The predicted molar refractivity (Wildman–Crippen MR) is 77.4 cm³/mol. The Hall–Kier alpha value is -2.35. The minimum atomic E-state index is -0.854. The first kappa shape index (κ1) is 15.7. The fourth-order valence-corrected chi connectivity index (χ4v) is 1.80. The van der Waals surface area contributed by atoms with Gasteiger partial charge in [-0.05, 0) is 12.1 Å². The maximum absolute atomic E-state index is 11.0. The monoisotopic (exact) mass is 277 g/mol. The lowest BCUT2D eigenvalue weighted by atomic mass is 10.1. The Kier molecular flexibility index (Phi) is 5.73. The minimum absolute atomic E-state index is 0.326. The molecule has 108 valence electrons. The Bertz CT molecular complexity index is 507. The summed E-state index contributed by atoms with van der Waals surface area (Å²) >= 11 is 0. The van der Waals surface area contributed by atoms with Crippen LogP contribution in [0.2, 0.25) is 0 Å². The first-order chi connectivity index (χ1) is 9.53. The molecule has 1 unspecified atom stereocenters. The van der Waals surface area contributed by atoms with Crippen LogP contribution in [0.25, 0.3) is 0 Å². The molecule has 1 aromatic rings. The van der Waals surface area contributed by atoms with E-state index in [1.54, 1.807) is 33.3 Å². The molecule has 0 bridgehead atoms. The lowest BCUT2D eigenvalue weighted by Crippen LogP contribution is -2.32. The number of carboxylic acid groups (broad SMARTS) is 1. The van der Waals surface area contributed by atoms with Crippen LogP contribution in [0.1, 0.15) is 6.92 Å². The molecule has 0 aliphatic rings. The number of rotatable bonds is 7. The number of hydrogen-bond donors (Lipinski definition) is 1. The van der Waals surface area contributed by atoms with Crippen LogP contribution in [0, 0.1) is 18.3 Å². The number of terminal acetylenes is 1. The Morgan fingerprint density at radius 3 is 2.55 bits per heavy atom. The lowest BCUT2D eigenvalue weighted by Gasteiger charge is -2.25. The van der Waals surface area contributed by atoms with Gasteiger partial charge < -0.3 is 19.5 Å². The summed E-state index contributed by atoms with van der Waals surface area (Å²) in [6, 6.07) is 5.38. The molecule has 1 rings (SSSR count). The van der Waals surface area contributed by atoms with Gasteiger partial charge in [0.15, 0.2) is 11.5 Å². The molecule has 20 heavy (non-hydrogen) atoms. The van der Waals surface area contributed by atoms with Gasteiger partial charge >= 0.3 is 5.97 Å². The van der Waals surface area contributed by atoms with Crippen molar-refractivity contribution in [3.8, 4) is 23.8 Å². The van der Waals surface area contributed by atoms with Crippen LogP contribution in [-0.2, 0) is 4.79 Å². The molecule has 0 spiro atoms. The van der Waals surface area contributed by atoms with Gasteiger partial charge in [-0.25, -0.2) is 0 Å². The molecule has 0 radical (unpaired) electrons. The zero-order chi connectivity index (χ0) is 15.1. The topological polar surface area (TPSA) is 59.0 Å². The third kappa shape index (κ3) is 3.82. The average molecular weight is 277 g/mol. The highest BCUT2D eigenvalue weighted by Gasteiger charge is 2.17. The highest BCUT2D eigenvalue weighted by Crippen LogP contribution is 2.31. The van der Waals surface area contributed by atoms with Gasteiger partial charge in [0.2, 0.25) is 0 Å². The van der Waals surface area contributed by atoms with Crippen LogP contribution in [0.5, 0.6) is 11.5 Å². The average Bonchev–Trinajstić information content (AvgIpc) is 2.45. The van der Waals surface area contributed by atoms with Crippen LogP contribution in [0.3, 0.4) is 0 Å². The standard InChI is InChI=1S/C15H19NO4/c1-5-8-16(10-11(2)15(17)18)12-6-7-13(19-3)14(9-12)20-4/h1,6-7,9,11H,8,10H2,2-4H3,(H,17,18). The number of hydrogen-bond acceptors (Lipinski definition) is 4. The fourth-order valence-electron chi connectivity index (χ4n) is 1.80. The van der Waals surface area contributed by atoms with Gasteiger partial charge in [0.1, 0.15) is 0 Å². The number of benzene rings is 1. The van der Waals surface area contributed by atoms with E-state index in [0.717, 1.165) is 5.69 Å². The number of carbonyl (C=O) groups is 1. The third-order valence-corrected chi connectivity index (χ3v) is 2.93. The smallest absolute Gasteiger partial charge is 0.308 e. The molecule has 0 aliphatic carbocycles. The molecule has 1 aromatic carbocycles. The second kappa shape index (κ2) is 7.29. The largest absolute Gasteiger partial charge is 0.493 e. The molecule has 0 saturated heterocycles. The maximum Gasteiger partial charge on any atom is 0.308 e. The van der Waals surface area contributed by atoms with Gasteiger partial charge in [-0.1, -0.05) is 12.8 Å². The van der Waals surface area contributed by atoms with E-state index in [9.17, 15) is 4.79 Å². The number of methoxy groups -OCH3 is 2. The minimum Gasteiger partial charge on any atom is -0.493 e. The number of ether oxygens (including phenoxy) is 2. The van der Waals surface area contributed by atoms with Crippen molar-refractivity contribution in [3.05, 3.63) is 18.2 Å². The van der Waals surface area contributed by atoms with Crippen molar-refractivity contribution >= 4 is 11.7 Å². The number of aliphatic carboxylic acids is 1. The quantitative estimate of drug-likeness (QED) is 0.771. The Labute approximate surface area is 119 Å². The second-order valence-electron chi connectivity index (χ2n) is 4.36. The van der Waals surface area contributed by atoms with Crippen molar-refractivity contribution in [1.82, 2.24) is 0 Å². The van der Waals surface area contributed by atoms with Crippen molar-refractivity contribution < 1.29 is 19.4 Å². The normalized spacial score (nSPS) is 11.3. The fraction of sp³-hybridized carbons (Fsp3) is 0.400. The van der Waals surface area contributed by atoms with E-state index >= 15 is 0 Å². The Morgan fingerprint density at radius 1 is 1.40 bits per heavy atom. The van der Waals surface area contributed by atoms with Crippen molar-refractivity contribution in [1.29, 1.82) is 0 Å². The highest BCUT2D eigenvalue weighted by atomic mass is 16.5. The molecule has 0 amide bonds. The van der Waals surface area contributed by atoms with Crippen LogP contribution in [0.15, 0.2) is 18.2 Å². The van der Waals surface area contributed by atoms with Crippen molar-refractivity contribution in [3.63, 3.8) is 0 Å². The maximum atomic E-state index is 11.0. The van der Waals surface area contributed by atoms with Gasteiger partial charge in [-0.3, -0.25) is 4.79 Å². The summed E-state index contributed by atoms with van der Waals surface area (Å²) in [5, 5.41) is 9.01. The van der Waals surface area contributed by atoms with Crippen molar-refractivity contribution in [2.24, 2.45) is 5.92 Å². The van der Waals surface area contributed by atoms with Crippen molar-refractivity contribution in [2.75, 3.05) is 32.2 Å². The first-order valence-corrected chi connectivity index (χ1v) is 6.16. The summed E-state index contributed by atoms with van der Waals surface area (Å²) in [6.45, 7) is 2.30. The van der Waals surface area contributed by atoms with Gasteiger partial charge in [0, 0.05) is 18.3 Å². The zero-order valence-electron chi connectivity index (χ0n) is 11.9. The molecule has 0 heterocycles. The number of anilines is 1. The summed E-state index contributed by atoms with van der Waals surface area (Å²) < 4.78 is 10.4. The van der Waals surface area contributed by atoms with E-state index in [1.807, 2.05) is 11.0 Å². The van der Waals surface area contributed by atoms with Crippen LogP contribution in [0.4, 0.5) is 5.69 Å². The number of nitrogens with zero attached hydrogens (tertiary/aromatic N) is 1. The molecule has 5 heteroatoms. The van der Waals surface area contributed by atoms with Gasteiger partial charge in [0.05, 0.1) is 26.7 Å². The summed E-state index contributed by atoms with van der Waals surface area (Å²) in [7, 11) is 3.11. The van der Waals surface area contributed by atoms with E-state index < -0.39 is 11.9 Å². The second-order valence-corrected chi connectivity index (χ2v) is 4.36. The van der Waals surface area contributed by atoms with E-state index in [0.29, 0.717) is 24.6 Å². The first-order valence-electron chi connectivity index (χ1n) is 6.16. The molecular weight excluding hydrogens is 258 g/mol. The van der Waals surface area contributed by atoms with E-state index in [2.05, 4.69) is 5.92 Å². The molecule has 5 nitrogen and oxygen atoms in total. The van der Waals surface area contributed by atoms with Gasteiger partial charge in [-0.15, -0.1) is 6.42 Å². The SMILES string of the molecule is C#CCN(CC(C)C(=O)O)c1ccc(OC)c(OC)c1. The lowest BCUT2D eigenvalue weighted by molar-refractivity contribution is -0.140. The summed E-state index contributed by atoms with van der Waals surface area (Å²) in [6.07, 6.45) is 5.35. The molecule has 0 saturated carbocycles. The Morgan fingerprint density at radius 2 is 2.05 bits per heavy atom. The van der Waals surface area contributed by atoms with Crippen LogP contribution in [-0.4, -0.2) is 38.4 Å². The molecule has 0 aromatic heterocycles. The van der Waals surface area contributed by atoms with Crippen LogP contribution < -0.4 is 14.4 Å². The molecule has 0 fully saturated rings. The van der Waals surface area contributed by atoms with E-state index in [1.165, 1.54) is 0 Å². The van der Waals surface area contributed by atoms with Gasteiger partial charge in [0.25, 0.3) is 0 Å². The molecular formula is C15H19NO4.